The summed E-state index contributed by atoms with van der Waals surface area (Å²) in [5.41, 5.74) is 2.06. The average molecular weight is 573 g/mol. The van der Waals surface area contributed by atoms with E-state index >= 15 is 0 Å². The SMILES string of the molecule is CCOC(=O)C1=C(C)N=c2s/c(=C\c3ccc(-c4ccc(C(=O)O)cc4)o3)c(=O)n2[C@H]1c1ccc(OC(C)C)cc1. The zero-order valence-electron chi connectivity index (χ0n) is 22.9. The molecule has 41 heavy (non-hydrogen) atoms. The highest BCUT2D eigenvalue weighted by atomic mass is 32.1. The summed E-state index contributed by atoms with van der Waals surface area (Å²) in [6.45, 7) is 7.53. The first-order valence-electron chi connectivity index (χ1n) is 13.1. The van der Waals surface area contributed by atoms with Crippen LogP contribution >= 0.6 is 11.3 Å². The summed E-state index contributed by atoms with van der Waals surface area (Å²) in [5.74, 6) is 0.121. The average Bonchev–Trinajstić information content (AvgIpc) is 3.52. The van der Waals surface area contributed by atoms with Gasteiger partial charge >= 0.3 is 11.9 Å². The molecule has 3 heterocycles. The number of nitrogens with zero attached hydrogens (tertiary/aromatic N) is 2. The largest absolute Gasteiger partial charge is 0.491 e. The minimum atomic E-state index is -1.01. The highest BCUT2D eigenvalue weighted by molar-refractivity contribution is 7.07. The van der Waals surface area contributed by atoms with E-state index in [2.05, 4.69) is 4.99 Å². The fourth-order valence-corrected chi connectivity index (χ4v) is 5.63. The van der Waals surface area contributed by atoms with Gasteiger partial charge in [-0.15, -0.1) is 0 Å². The van der Waals surface area contributed by atoms with Gasteiger partial charge in [0, 0.05) is 11.6 Å². The summed E-state index contributed by atoms with van der Waals surface area (Å²) in [5, 5.41) is 9.13. The van der Waals surface area contributed by atoms with Crippen LogP contribution in [-0.4, -0.2) is 34.3 Å². The number of carboxylic acids is 1. The number of carboxylic acid groups (broad SMARTS) is 1. The van der Waals surface area contributed by atoms with E-state index in [0.29, 0.717) is 43.4 Å². The molecule has 1 atom stereocenters. The number of furan rings is 1. The molecular weight excluding hydrogens is 544 g/mol. The molecule has 0 aliphatic carbocycles. The van der Waals surface area contributed by atoms with Crippen molar-refractivity contribution in [1.82, 2.24) is 4.57 Å². The number of carbonyl (C=O) groups is 2. The molecule has 1 aliphatic rings. The van der Waals surface area contributed by atoms with Gasteiger partial charge in [-0.05, 0) is 69.7 Å². The minimum absolute atomic E-state index is 0.00183. The monoisotopic (exact) mass is 572 g/mol. The van der Waals surface area contributed by atoms with Gasteiger partial charge in [-0.1, -0.05) is 35.6 Å². The summed E-state index contributed by atoms with van der Waals surface area (Å²) in [6, 6.07) is 16.4. The van der Waals surface area contributed by atoms with Crippen LogP contribution in [0.5, 0.6) is 5.75 Å². The van der Waals surface area contributed by atoms with Crippen molar-refractivity contribution in [2.75, 3.05) is 6.61 Å². The molecule has 0 spiro atoms. The van der Waals surface area contributed by atoms with Gasteiger partial charge in [0.25, 0.3) is 5.56 Å². The van der Waals surface area contributed by atoms with Gasteiger partial charge in [0.05, 0.1) is 40.1 Å². The maximum Gasteiger partial charge on any atom is 0.338 e. The number of ether oxygens (including phenoxy) is 2. The highest BCUT2D eigenvalue weighted by Crippen LogP contribution is 2.32. The summed E-state index contributed by atoms with van der Waals surface area (Å²) >= 11 is 1.20. The van der Waals surface area contributed by atoms with E-state index in [1.54, 1.807) is 44.2 Å². The summed E-state index contributed by atoms with van der Waals surface area (Å²) in [4.78, 5) is 43.1. The third-order valence-electron chi connectivity index (χ3n) is 6.40. The number of carbonyl (C=O) groups excluding carboxylic acids is 1. The first-order valence-corrected chi connectivity index (χ1v) is 13.9. The summed E-state index contributed by atoms with van der Waals surface area (Å²) < 4.78 is 19.0. The highest BCUT2D eigenvalue weighted by Gasteiger charge is 2.33. The molecular formula is C31H28N2O7S. The predicted molar refractivity (Wildman–Crippen MR) is 154 cm³/mol. The van der Waals surface area contributed by atoms with Crippen molar-refractivity contribution in [2.45, 2.75) is 39.8 Å². The molecule has 5 rings (SSSR count). The number of benzene rings is 2. The van der Waals surface area contributed by atoms with Crippen LogP contribution in [0.1, 0.15) is 55.4 Å². The Bertz CT molecular complexity index is 1820. The van der Waals surface area contributed by atoms with Crippen molar-refractivity contribution in [1.29, 1.82) is 0 Å². The van der Waals surface area contributed by atoms with Gasteiger partial charge in [-0.3, -0.25) is 9.36 Å². The Kier molecular flexibility index (Phi) is 7.76. The van der Waals surface area contributed by atoms with Gasteiger partial charge < -0.3 is 19.0 Å². The second-order valence-corrected chi connectivity index (χ2v) is 10.6. The zero-order chi connectivity index (χ0) is 29.3. The Balaban J connectivity index is 1.57. The van der Waals surface area contributed by atoms with Gasteiger partial charge in [-0.25, -0.2) is 14.6 Å². The van der Waals surface area contributed by atoms with Crippen molar-refractivity contribution in [3.8, 4) is 17.1 Å². The lowest BCUT2D eigenvalue weighted by Crippen LogP contribution is -2.39. The molecule has 2 aromatic heterocycles. The van der Waals surface area contributed by atoms with Crippen molar-refractivity contribution in [3.05, 3.63) is 109 Å². The van der Waals surface area contributed by atoms with Crippen LogP contribution in [0, 0.1) is 0 Å². The Morgan fingerprint density at radius 3 is 2.44 bits per heavy atom. The smallest absolute Gasteiger partial charge is 0.338 e. The fraction of sp³-hybridized carbons (Fsp3) is 0.226. The van der Waals surface area contributed by atoms with Crippen LogP contribution in [0.2, 0.25) is 0 Å². The van der Waals surface area contributed by atoms with Gasteiger partial charge in [0.2, 0.25) is 0 Å². The lowest BCUT2D eigenvalue weighted by molar-refractivity contribution is -0.139. The Morgan fingerprint density at radius 2 is 1.80 bits per heavy atom. The lowest BCUT2D eigenvalue weighted by atomic mass is 9.96. The number of allylic oxidation sites excluding steroid dienone is 1. The van der Waals surface area contributed by atoms with Crippen LogP contribution in [0.25, 0.3) is 17.4 Å². The lowest BCUT2D eigenvalue weighted by Gasteiger charge is -2.25. The molecule has 1 N–H and O–H groups in total. The number of hydrogen-bond acceptors (Lipinski definition) is 8. The molecule has 0 saturated heterocycles. The molecule has 0 fully saturated rings. The molecule has 0 radical (unpaired) electrons. The summed E-state index contributed by atoms with van der Waals surface area (Å²) in [6.07, 6.45) is 1.64. The van der Waals surface area contributed by atoms with Crippen molar-refractivity contribution >= 4 is 29.4 Å². The predicted octanol–water partition coefficient (Wildman–Crippen LogP) is 4.54. The molecule has 1 aliphatic heterocycles. The number of fused-ring (bicyclic) bond motifs is 1. The second-order valence-electron chi connectivity index (χ2n) is 9.62. The van der Waals surface area contributed by atoms with Gasteiger partial charge in [0.15, 0.2) is 4.80 Å². The van der Waals surface area contributed by atoms with Crippen molar-refractivity contribution in [3.63, 3.8) is 0 Å². The van der Waals surface area contributed by atoms with Gasteiger partial charge in [0.1, 0.15) is 17.3 Å². The topological polar surface area (TPSA) is 120 Å². The number of hydrogen-bond donors (Lipinski definition) is 1. The van der Waals surface area contributed by atoms with Crippen LogP contribution in [0.4, 0.5) is 0 Å². The van der Waals surface area contributed by atoms with E-state index in [0.717, 1.165) is 5.56 Å². The third-order valence-corrected chi connectivity index (χ3v) is 7.38. The maximum absolute atomic E-state index is 13.8. The van der Waals surface area contributed by atoms with Crippen molar-refractivity contribution in [2.24, 2.45) is 4.99 Å². The number of aromatic carboxylic acids is 1. The third kappa shape index (κ3) is 5.64. The number of aromatic nitrogens is 1. The molecule has 0 saturated carbocycles. The second kappa shape index (κ2) is 11.4. The first kappa shape index (κ1) is 27.9. The first-order chi connectivity index (χ1) is 19.7. The Hall–Kier alpha value is -4.70. The van der Waals surface area contributed by atoms with Gasteiger partial charge in [-0.2, -0.15) is 0 Å². The number of rotatable bonds is 8. The fourth-order valence-electron chi connectivity index (χ4n) is 4.60. The van der Waals surface area contributed by atoms with Crippen LogP contribution in [0.15, 0.2) is 86.1 Å². The van der Waals surface area contributed by atoms with E-state index in [4.69, 9.17) is 19.0 Å². The molecule has 0 unspecified atom stereocenters. The number of thiazole rings is 1. The van der Waals surface area contributed by atoms with E-state index in [1.807, 2.05) is 38.1 Å². The minimum Gasteiger partial charge on any atom is -0.491 e. The number of esters is 1. The maximum atomic E-state index is 13.8. The van der Waals surface area contributed by atoms with Crippen molar-refractivity contribution < 1.29 is 28.6 Å². The molecule has 210 valence electrons. The van der Waals surface area contributed by atoms with Crippen LogP contribution in [0.3, 0.4) is 0 Å². The van der Waals surface area contributed by atoms with E-state index in [-0.39, 0.29) is 23.8 Å². The molecule has 0 bridgehead atoms. The normalized spacial score (nSPS) is 15.0. The van der Waals surface area contributed by atoms with Crippen LogP contribution in [-0.2, 0) is 9.53 Å². The molecule has 9 nitrogen and oxygen atoms in total. The van der Waals surface area contributed by atoms with E-state index < -0.39 is 18.0 Å². The Morgan fingerprint density at radius 1 is 1.10 bits per heavy atom. The summed E-state index contributed by atoms with van der Waals surface area (Å²) in [7, 11) is 0. The zero-order valence-corrected chi connectivity index (χ0v) is 23.7. The molecule has 2 aromatic carbocycles. The Labute approximate surface area is 239 Å². The van der Waals surface area contributed by atoms with E-state index in [9.17, 15) is 14.4 Å². The molecule has 4 aromatic rings. The molecule has 10 heteroatoms. The van der Waals surface area contributed by atoms with E-state index in [1.165, 1.54) is 28.0 Å². The standard InChI is InChI=1S/C31H28N2O7S/c1-5-38-30(37)26-18(4)32-31-33(27(26)20-10-12-22(13-11-20)39-17(2)3)28(34)25(41-31)16-23-14-15-24(40-23)19-6-8-21(9-7-19)29(35)36/h6-17,27H,5H2,1-4H3,(H,35,36)/b25-16-/t27-/m0/s1. The molecule has 0 amide bonds. The van der Waals surface area contributed by atoms with Crippen LogP contribution < -0.4 is 19.6 Å². The quantitative estimate of drug-likeness (QED) is 0.308.